The van der Waals surface area contributed by atoms with Crippen LogP contribution in [0.25, 0.3) is 0 Å². The van der Waals surface area contributed by atoms with E-state index in [9.17, 15) is 0 Å². The van der Waals surface area contributed by atoms with Crippen LogP contribution in [0.2, 0.25) is 0 Å². The molecule has 6 nitrogen and oxygen atoms in total. The fourth-order valence-corrected chi connectivity index (χ4v) is 1.55. The van der Waals surface area contributed by atoms with Crippen molar-refractivity contribution >= 4 is 0 Å². The molecule has 1 aromatic carbocycles. The quantitative estimate of drug-likeness (QED) is 0.815. The molecule has 1 heterocycles. The summed E-state index contributed by atoms with van der Waals surface area (Å²) in [6.45, 7) is 3.49. The molecule has 0 saturated carbocycles. The summed E-state index contributed by atoms with van der Waals surface area (Å²) in [4.78, 5) is 1.47. The molecule has 0 aliphatic rings. The fraction of sp³-hybridized carbons (Fsp3) is 0.417. The molecule has 2 aromatic rings. The molecule has 2 N–H and O–H groups in total. The van der Waals surface area contributed by atoms with Gasteiger partial charge in [-0.25, -0.2) is 0 Å². The van der Waals surface area contributed by atoms with Crippen LogP contribution in [0.1, 0.15) is 18.3 Å². The van der Waals surface area contributed by atoms with Crippen LogP contribution in [0.5, 0.6) is 5.75 Å². The van der Waals surface area contributed by atoms with Gasteiger partial charge in [0.05, 0.1) is 6.54 Å². The van der Waals surface area contributed by atoms with Gasteiger partial charge in [-0.05, 0) is 29.3 Å². The van der Waals surface area contributed by atoms with Crippen molar-refractivity contribution in [2.75, 3.05) is 6.54 Å². The maximum absolute atomic E-state index is 5.62. The van der Waals surface area contributed by atoms with E-state index in [4.69, 9.17) is 10.5 Å². The van der Waals surface area contributed by atoms with Crippen LogP contribution in [-0.4, -0.2) is 26.8 Å². The van der Waals surface area contributed by atoms with Crippen molar-refractivity contribution in [3.8, 4) is 5.75 Å². The minimum absolute atomic E-state index is 0.317. The molecule has 6 heteroatoms. The minimum Gasteiger partial charge on any atom is -0.485 e. The summed E-state index contributed by atoms with van der Waals surface area (Å²) < 4.78 is 5.62. The average Bonchev–Trinajstić information content (AvgIpc) is 2.85. The van der Waals surface area contributed by atoms with E-state index in [-0.39, 0.29) is 0 Å². The number of tetrazole rings is 1. The molecule has 0 fully saturated rings. The maximum atomic E-state index is 5.62. The van der Waals surface area contributed by atoms with Gasteiger partial charge in [0.2, 0.25) is 5.82 Å². The Morgan fingerprint density at radius 2 is 2.28 bits per heavy atom. The van der Waals surface area contributed by atoms with Gasteiger partial charge in [-0.3, -0.25) is 0 Å². The van der Waals surface area contributed by atoms with Crippen LogP contribution >= 0.6 is 0 Å². The van der Waals surface area contributed by atoms with E-state index in [1.165, 1.54) is 10.4 Å². The Kier molecular flexibility index (Phi) is 4.25. The Balaban J connectivity index is 1.93. The van der Waals surface area contributed by atoms with Crippen LogP contribution in [0.3, 0.4) is 0 Å². The van der Waals surface area contributed by atoms with E-state index in [1.54, 1.807) is 0 Å². The highest BCUT2D eigenvalue weighted by atomic mass is 16.5. The molecule has 2 rings (SSSR count). The highest BCUT2D eigenvalue weighted by Crippen LogP contribution is 2.14. The summed E-state index contributed by atoms with van der Waals surface area (Å²) in [6, 6.07) is 7.99. The summed E-state index contributed by atoms with van der Waals surface area (Å²) in [5, 5.41) is 11.9. The van der Waals surface area contributed by atoms with E-state index in [1.807, 2.05) is 18.2 Å². The average molecular weight is 247 g/mol. The normalized spacial score (nSPS) is 10.6. The first-order valence-electron chi connectivity index (χ1n) is 6.00. The fourth-order valence-electron chi connectivity index (χ4n) is 1.55. The number of hydrogen-bond donors (Lipinski definition) is 1. The zero-order chi connectivity index (χ0) is 12.8. The number of nitrogens with two attached hydrogens (primary N) is 1. The van der Waals surface area contributed by atoms with E-state index < -0.39 is 0 Å². The van der Waals surface area contributed by atoms with Crippen molar-refractivity contribution in [3.63, 3.8) is 0 Å². The van der Waals surface area contributed by atoms with Crippen molar-refractivity contribution < 1.29 is 4.74 Å². The number of nitrogens with zero attached hydrogens (tertiary/aromatic N) is 4. The molecular weight excluding hydrogens is 230 g/mol. The first-order valence-corrected chi connectivity index (χ1v) is 6.00. The van der Waals surface area contributed by atoms with Gasteiger partial charge in [0.1, 0.15) is 5.75 Å². The van der Waals surface area contributed by atoms with Crippen LogP contribution < -0.4 is 10.5 Å². The second-order valence-corrected chi connectivity index (χ2v) is 3.88. The Morgan fingerprint density at radius 1 is 1.39 bits per heavy atom. The molecule has 0 amide bonds. The second-order valence-electron chi connectivity index (χ2n) is 3.88. The number of hydrogen-bond acceptors (Lipinski definition) is 5. The molecular formula is C12H17N5O. The van der Waals surface area contributed by atoms with Gasteiger partial charge in [-0.15, -0.1) is 10.2 Å². The van der Waals surface area contributed by atoms with Crippen LogP contribution in [-0.2, 0) is 19.6 Å². The lowest BCUT2D eigenvalue weighted by Gasteiger charge is -2.04. The first-order chi connectivity index (χ1) is 8.81. The van der Waals surface area contributed by atoms with E-state index in [0.29, 0.717) is 25.5 Å². The predicted octanol–water partition coefficient (Wildman–Crippen LogP) is 0.773. The second kappa shape index (κ2) is 6.11. The maximum Gasteiger partial charge on any atom is 0.212 e. The Morgan fingerprint density at radius 3 is 3.06 bits per heavy atom. The third kappa shape index (κ3) is 3.27. The van der Waals surface area contributed by atoms with Crippen LogP contribution in [0.15, 0.2) is 24.3 Å². The molecule has 0 bridgehead atoms. The molecule has 18 heavy (non-hydrogen) atoms. The zero-order valence-corrected chi connectivity index (χ0v) is 10.4. The molecule has 0 unspecified atom stereocenters. The molecule has 0 spiro atoms. The molecule has 96 valence electrons. The minimum atomic E-state index is 0.317. The first kappa shape index (κ1) is 12.5. The van der Waals surface area contributed by atoms with Crippen molar-refractivity contribution in [3.05, 3.63) is 35.7 Å². The third-order valence-corrected chi connectivity index (χ3v) is 2.50. The number of rotatable bonds is 6. The number of benzene rings is 1. The molecule has 0 saturated heterocycles. The van der Waals surface area contributed by atoms with E-state index in [0.717, 1.165) is 12.2 Å². The van der Waals surface area contributed by atoms with Gasteiger partial charge in [0.25, 0.3) is 0 Å². The SMILES string of the molecule is CCc1cccc(OCc2nnn(CCN)n2)c1. The predicted molar refractivity (Wildman–Crippen MR) is 67.0 cm³/mol. The standard InChI is InChI=1S/C12H17N5O/c1-2-10-4-3-5-11(8-10)18-9-12-14-16-17(15-12)7-6-13/h3-5,8H,2,6-7,9,13H2,1H3. The van der Waals surface area contributed by atoms with Gasteiger partial charge >= 0.3 is 0 Å². The van der Waals surface area contributed by atoms with Crippen molar-refractivity contribution in [2.45, 2.75) is 26.5 Å². The highest BCUT2D eigenvalue weighted by molar-refractivity contribution is 5.28. The van der Waals surface area contributed by atoms with E-state index in [2.05, 4.69) is 28.4 Å². The highest BCUT2D eigenvalue weighted by Gasteiger charge is 2.03. The molecule has 0 atom stereocenters. The van der Waals surface area contributed by atoms with Crippen molar-refractivity contribution in [2.24, 2.45) is 5.73 Å². The van der Waals surface area contributed by atoms with Gasteiger partial charge in [0.15, 0.2) is 6.61 Å². The van der Waals surface area contributed by atoms with Crippen molar-refractivity contribution in [1.82, 2.24) is 20.2 Å². The summed E-state index contributed by atoms with van der Waals surface area (Å²) >= 11 is 0. The summed E-state index contributed by atoms with van der Waals surface area (Å²) in [7, 11) is 0. The van der Waals surface area contributed by atoms with Gasteiger partial charge in [0, 0.05) is 6.54 Å². The lowest BCUT2D eigenvalue weighted by Crippen LogP contribution is -2.12. The summed E-state index contributed by atoms with van der Waals surface area (Å²) in [6.07, 6.45) is 0.988. The summed E-state index contributed by atoms with van der Waals surface area (Å²) in [5.74, 6) is 1.38. The Labute approximate surface area is 106 Å². The van der Waals surface area contributed by atoms with E-state index >= 15 is 0 Å². The van der Waals surface area contributed by atoms with Gasteiger partial charge < -0.3 is 10.5 Å². The third-order valence-electron chi connectivity index (χ3n) is 2.50. The summed E-state index contributed by atoms with van der Waals surface area (Å²) in [5.41, 5.74) is 6.65. The largest absolute Gasteiger partial charge is 0.485 e. The lowest BCUT2D eigenvalue weighted by molar-refractivity contribution is 0.294. The van der Waals surface area contributed by atoms with Gasteiger partial charge in [-0.1, -0.05) is 19.1 Å². The number of ether oxygens (including phenoxy) is 1. The Bertz CT molecular complexity index is 497. The molecule has 0 radical (unpaired) electrons. The molecule has 0 aliphatic heterocycles. The monoisotopic (exact) mass is 247 g/mol. The number of aromatic nitrogens is 4. The lowest BCUT2D eigenvalue weighted by atomic mass is 10.2. The van der Waals surface area contributed by atoms with Gasteiger partial charge in [-0.2, -0.15) is 4.80 Å². The molecule has 1 aromatic heterocycles. The zero-order valence-electron chi connectivity index (χ0n) is 10.4. The smallest absolute Gasteiger partial charge is 0.212 e. The molecule has 0 aliphatic carbocycles. The topological polar surface area (TPSA) is 78.9 Å². The Hall–Kier alpha value is -1.95. The van der Waals surface area contributed by atoms with Crippen LogP contribution in [0, 0.1) is 0 Å². The number of aryl methyl sites for hydroxylation is 1. The van der Waals surface area contributed by atoms with Crippen molar-refractivity contribution in [1.29, 1.82) is 0 Å². The van der Waals surface area contributed by atoms with Crippen LogP contribution in [0.4, 0.5) is 0 Å².